The molecule has 35 heavy (non-hydrogen) atoms. The molecule has 8 heteroatoms. The van der Waals surface area contributed by atoms with Crippen molar-refractivity contribution in [1.29, 1.82) is 0 Å². The monoisotopic (exact) mass is 467 g/mol. The minimum absolute atomic E-state index is 0.0230. The number of aromatic amines is 1. The van der Waals surface area contributed by atoms with Crippen molar-refractivity contribution in [1.82, 2.24) is 4.98 Å². The quantitative estimate of drug-likeness (QED) is 0.263. The van der Waals surface area contributed by atoms with Gasteiger partial charge in [0.05, 0.1) is 6.42 Å². The highest BCUT2D eigenvalue weighted by Crippen LogP contribution is 2.45. The van der Waals surface area contributed by atoms with E-state index in [4.69, 9.17) is 9.15 Å². The van der Waals surface area contributed by atoms with Crippen LogP contribution in [0, 0.1) is 0 Å². The van der Waals surface area contributed by atoms with E-state index in [-0.39, 0.29) is 40.2 Å². The Bertz CT molecular complexity index is 1780. The maximum atomic E-state index is 13.1. The molecule has 3 aromatic carbocycles. The van der Waals surface area contributed by atoms with Crippen molar-refractivity contribution < 1.29 is 24.2 Å². The van der Waals surface area contributed by atoms with Crippen LogP contribution < -0.4 is 15.7 Å². The fourth-order valence-electron chi connectivity index (χ4n) is 4.62. The third-order valence-electron chi connectivity index (χ3n) is 6.23. The zero-order chi connectivity index (χ0) is 24.3. The van der Waals surface area contributed by atoms with Gasteiger partial charge in [0.25, 0.3) is 5.56 Å². The van der Waals surface area contributed by atoms with Gasteiger partial charge in [0.15, 0.2) is 5.43 Å². The number of aromatic nitrogens is 1. The molecule has 0 unspecified atom stereocenters. The lowest BCUT2D eigenvalue weighted by atomic mass is 9.85. The number of pyridine rings is 1. The lowest BCUT2D eigenvalue weighted by Crippen LogP contribution is -2.26. The summed E-state index contributed by atoms with van der Waals surface area (Å²) in [7, 11) is 0. The fraction of sp³-hybridized carbons (Fsp3) is 0.0741. The molecule has 3 heterocycles. The number of carbonyl (C=O) groups is 1. The summed E-state index contributed by atoms with van der Waals surface area (Å²) in [6, 6.07) is 17.5. The fourth-order valence-corrected chi connectivity index (χ4v) is 4.62. The number of hydrogen-bond donors (Lipinski definition) is 3. The van der Waals surface area contributed by atoms with Crippen molar-refractivity contribution in [2.45, 2.75) is 12.3 Å². The van der Waals surface area contributed by atoms with E-state index >= 15 is 0 Å². The van der Waals surface area contributed by atoms with Crippen molar-refractivity contribution in [3.05, 3.63) is 98.4 Å². The van der Waals surface area contributed by atoms with E-state index in [9.17, 15) is 24.6 Å². The van der Waals surface area contributed by atoms with Crippen LogP contribution in [0.15, 0.2) is 80.7 Å². The van der Waals surface area contributed by atoms with Crippen molar-refractivity contribution >= 4 is 27.8 Å². The van der Waals surface area contributed by atoms with Crippen LogP contribution in [-0.2, 0) is 4.79 Å². The van der Waals surface area contributed by atoms with Crippen LogP contribution in [0.3, 0.4) is 0 Å². The third kappa shape index (κ3) is 3.34. The van der Waals surface area contributed by atoms with Gasteiger partial charge in [0, 0.05) is 40.3 Å². The molecule has 0 saturated carbocycles. The second kappa shape index (κ2) is 7.59. The average molecular weight is 467 g/mol. The van der Waals surface area contributed by atoms with E-state index < -0.39 is 23.1 Å². The van der Waals surface area contributed by atoms with Crippen molar-refractivity contribution in [3.8, 4) is 28.6 Å². The van der Waals surface area contributed by atoms with Crippen LogP contribution in [0.2, 0.25) is 0 Å². The molecule has 0 saturated heterocycles. The number of fused-ring (bicyclic) bond motifs is 4. The summed E-state index contributed by atoms with van der Waals surface area (Å²) in [5.74, 6) is -1.49. The number of phenols is 2. The highest BCUT2D eigenvalue weighted by Gasteiger charge is 2.35. The predicted molar refractivity (Wildman–Crippen MR) is 128 cm³/mol. The molecule has 0 amide bonds. The maximum absolute atomic E-state index is 13.1. The first-order chi connectivity index (χ1) is 16.9. The topological polar surface area (TPSA) is 130 Å². The number of carbonyl (C=O) groups excluding carboxylic acids is 1. The molecule has 2 aromatic heterocycles. The average Bonchev–Trinajstić information content (AvgIpc) is 2.83. The van der Waals surface area contributed by atoms with Gasteiger partial charge in [-0.25, -0.2) is 0 Å². The Kier molecular flexibility index (Phi) is 4.50. The molecule has 0 bridgehead atoms. The summed E-state index contributed by atoms with van der Waals surface area (Å²) in [6.45, 7) is 0. The molecule has 5 aromatic rings. The smallest absolute Gasteiger partial charge is 0.312 e. The summed E-state index contributed by atoms with van der Waals surface area (Å²) in [4.78, 5) is 41.4. The summed E-state index contributed by atoms with van der Waals surface area (Å²) in [5, 5.41) is 20.9. The number of nitrogens with one attached hydrogen (secondary N) is 1. The molecule has 6 rings (SSSR count). The lowest BCUT2D eigenvalue weighted by molar-refractivity contribution is -0.135. The van der Waals surface area contributed by atoms with Crippen LogP contribution in [0.1, 0.15) is 23.5 Å². The number of rotatable bonds is 2. The Morgan fingerprint density at radius 1 is 0.914 bits per heavy atom. The third-order valence-corrected chi connectivity index (χ3v) is 6.23. The first kappa shape index (κ1) is 20.7. The number of aromatic hydroxyl groups is 2. The number of para-hydroxylation sites is 1. The molecule has 0 spiro atoms. The van der Waals surface area contributed by atoms with Crippen LogP contribution in [0.5, 0.6) is 17.2 Å². The van der Waals surface area contributed by atoms with Gasteiger partial charge < -0.3 is 24.4 Å². The molecule has 1 aliphatic rings. The first-order valence-corrected chi connectivity index (χ1v) is 10.8. The molecule has 1 atom stereocenters. The second-order valence-electron chi connectivity index (χ2n) is 8.41. The van der Waals surface area contributed by atoms with Crippen molar-refractivity contribution in [2.24, 2.45) is 0 Å². The van der Waals surface area contributed by atoms with Crippen LogP contribution in [-0.4, -0.2) is 21.2 Å². The van der Waals surface area contributed by atoms with Gasteiger partial charge in [-0.05, 0) is 41.8 Å². The molecule has 0 aliphatic carbocycles. The van der Waals surface area contributed by atoms with Crippen molar-refractivity contribution in [2.75, 3.05) is 0 Å². The minimum Gasteiger partial charge on any atom is -0.508 e. The van der Waals surface area contributed by atoms with Gasteiger partial charge in [0.2, 0.25) is 0 Å². The van der Waals surface area contributed by atoms with Gasteiger partial charge in [-0.2, -0.15) is 0 Å². The van der Waals surface area contributed by atoms with Crippen LogP contribution in [0.4, 0.5) is 0 Å². The van der Waals surface area contributed by atoms with E-state index in [0.29, 0.717) is 22.2 Å². The maximum Gasteiger partial charge on any atom is 0.312 e. The largest absolute Gasteiger partial charge is 0.508 e. The predicted octanol–water partition coefficient (Wildman–Crippen LogP) is 4.15. The lowest BCUT2D eigenvalue weighted by Gasteiger charge is -2.25. The van der Waals surface area contributed by atoms with Gasteiger partial charge in [-0.1, -0.05) is 18.2 Å². The Morgan fingerprint density at radius 3 is 2.49 bits per heavy atom. The zero-order valence-electron chi connectivity index (χ0n) is 18.1. The molecule has 1 aliphatic heterocycles. The number of benzene rings is 3. The Balaban J connectivity index is 1.66. The molecule has 8 nitrogen and oxygen atoms in total. The highest BCUT2D eigenvalue weighted by atomic mass is 16.5. The molecule has 0 fully saturated rings. The Labute approximate surface area is 196 Å². The van der Waals surface area contributed by atoms with Gasteiger partial charge >= 0.3 is 5.97 Å². The van der Waals surface area contributed by atoms with Crippen LogP contribution in [0.25, 0.3) is 33.2 Å². The molecular weight excluding hydrogens is 450 g/mol. The second-order valence-corrected chi connectivity index (χ2v) is 8.41. The molecule has 0 radical (unpaired) electrons. The molecule has 3 N–H and O–H groups in total. The van der Waals surface area contributed by atoms with E-state index in [1.807, 2.05) is 12.1 Å². The zero-order valence-corrected chi connectivity index (χ0v) is 18.1. The number of hydrogen-bond acceptors (Lipinski definition) is 7. The van der Waals surface area contributed by atoms with E-state index in [1.54, 1.807) is 30.3 Å². The molecular formula is C27H17NO7. The van der Waals surface area contributed by atoms with Crippen molar-refractivity contribution in [3.63, 3.8) is 0 Å². The standard InChI is InChI=1S/C27H17NO7/c29-15-7-5-13(6-8-15)21-11-19(30)25-20(31)12-22-24(26(25)35-21)16(10-23(32)34-22)17-9-14-3-1-2-4-18(14)28-27(17)33/h1-9,11-12,16,29,31H,10H2,(H,28,33)/t16-/m0/s1. The van der Waals surface area contributed by atoms with E-state index in [0.717, 1.165) is 5.39 Å². The van der Waals surface area contributed by atoms with Gasteiger partial charge in [-0.15, -0.1) is 0 Å². The summed E-state index contributed by atoms with van der Waals surface area (Å²) in [6.07, 6.45) is -0.151. The normalized spacial score (nSPS) is 15.2. The van der Waals surface area contributed by atoms with E-state index in [1.165, 1.54) is 24.3 Å². The van der Waals surface area contributed by atoms with Gasteiger partial charge in [0.1, 0.15) is 34.0 Å². The highest BCUT2D eigenvalue weighted by molar-refractivity contribution is 5.93. The van der Waals surface area contributed by atoms with E-state index in [2.05, 4.69) is 4.98 Å². The summed E-state index contributed by atoms with van der Waals surface area (Å²) >= 11 is 0. The Hall–Kier alpha value is -4.85. The number of esters is 1. The SMILES string of the molecule is O=C1C[C@@H](c2cc3ccccc3[nH]c2=O)c2c(cc(O)c3c(=O)cc(-c4ccc(O)cc4)oc23)O1. The first-order valence-electron chi connectivity index (χ1n) is 10.8. The summed E-state index contributed by atoms with van der Waals surface area (Å²) in [5.41, 5.74) is 0.955. The Morgan fingerprint density at radius 2 is 1.69 bits per heavy atom. The minimum atomic E-state index is -0.777. The molecule has 172 valence electrons. The number of phenolic OH excluding ortho intramolecular Hbond substituents is 2. The van der Waals surface area contributed by atoms with Gasteiger partial charge in [-0.3, -0.25) is 14.4 Å². The van der Waals surface area contributed by atoms with Crippen LogP contribution >= 0.6 is 0 Å². The summed E-state index contributed by atoms with van der Waals surface area (Å²) < 4.78 is 11.5. The number of ether oxygens (including phenoxy) is 1. The number of H-pyrrole nitrogens is 1.